The maximum atomic E-state index is 12.6. The van der Waals surface area contributed by atoms with Crippen molar-refractivity contribution >= 4 is 76.9 Å². The van der Waals surface area contributed by atoms with E-state index in [2.05, 4.69) is 35.9 Å². The average molecular weight is 965 g/mol. The van der Waals surface area contributed by atoms with E-state index in [-0.39, 0.29) is 120 Å². The number of phenols is 3. The van der Waals surface area contributed by atoms with Crippen LogP contribution in [0.1, 0.15) is 19.5 Å². The summed E-state index contributed by atoms with van der Waals surface area (Å²) in [6.07, 6.45) is 0. The SMILES string of the molecule is CC[NH+]=C(O)NS(=O)(=O)c1ccc(O)c(N=Nc2c(O)ccc3cccc(NC(C)=O)c23)c1.Cc1[n-]n(-c2cccc(S(N)(=O)=O)c2)c(=O)c1N=Nc1cc([N+](=O)[O-])ccc1O.[Cr].[Na+]. The third-order valence-corrected chi connectivity index (χ3v) is 10.5. The van der Waals surface area contributed by atoms with Gasteiger partial charge in [0.15, 0.2) is 0 Å². The Bertz CT molecular complexity index is 3120. The summed E-state index contributed by atoms with van der Waals surface area (Å²) >= 11 is 0. The van der Waals surface area contributed by atoms with Crippen LogP contribution in [-0.2, 0) is 42.2 Å². The number of nitrogens with one attached hydrogen (secondary N) is 3. The first-order chi connectivity index (χ1) is 29.2. The molecule has 1 aromatic heterocycles. The van der Waals surface area contributed by atoms with Gasteiger partial charge in [-0.15, -0.1) is 30.9 Å². The van der Waals surface area contributed by atoms with Gasteiger partial charge in [0.25, 0.3) is 11.2 Å². The fraction of sp³-hybridized carbons (Fsp3) is 0.108. The van der Waals surface area contributed by atoms with Crippen molar-refractivity contribution in [3.8, 4) is 22.9 Å². The number of amides is 1. The predicted molar refractivity (Wildman–Crippen MR) is 222 cm³/mol. The summed E-state index contributed by atoms with van der Waals surface area (Å²) in [7, 11) is -8.16. The summed E-state index contributed by atoms with van der Waals surface area (Å²) in [5, 5.41) is 79.0. The van der Waals surface area contributed by atoms with E-state index in [9.17, 15) is 57.0 Å². The molecule has 0 radical (unpaired) electrons. The Morgan fingerprint density at radius 3 is 2.09 bits per heavy atom. The number of nitro groups is 1. The summed E-state index contributed by atoms with van der Waals surface area (Å²) in [6.45, 7) is 4.77. The Morgan fingerprint density at radius 2 is 1.47 bits per heavy atom. The van der Waals surface area contributed by atoms with Gasteiger partial charge in [-0.2, -0.15) is 8.42 Å². The zero-order valence-corrected chi connectivity index (χ0v) is 38.8. The molecule has 27 heteroatoms. The molecule has 1 heterocycles. The maximum Gasteiger partial charge on any atom is 1.00 e. The van der Waals surface area contributed by atoms with Gasteiger partial charge in [0.05, 0.1) is 22.1 Å². The van der Waals surface area contributed by atoms with Crippen LogP contribution in [0, 0.1) is 17.0 Å². The summed E-state index contributed by atoms with van der Waals surface area (Å²) in [4.78, 5) is 36.3. The number of amidine groups is 1. The van der Waals surface area contributed by atoms with Crippen molar-refractivity contribution in [2.24, 2.45) is 25.6 Å². The van der Waals surface area contributed by atoms with E-state index in [0.29, 0.717) is 23.0 Å². The van der Waals surface area contributed by atoms with Gasteiger partial charge in [-0.05, 0) is 66.9 Å². The molecule has 0 bridgehead atoms. The number of sulfonamides is 2. The van der Waals surface area contributed by atoms with Crippen LogP contribution in [0.3, 0.4) is 0 Å². The zero-order valence-electron chi connectivity index (χ0n) is 33.9. The molecular formula is C37H35CrN11NaO12S2+. The number of azo groups is 2. The summed E-state index contributed by atoms with van der Waals surface area (Å²) in [5.41, 5.74) is -0.888. The first-order valence-electron chi connectivity index (χ1n) is 17.6. The van der Waals surface area contributed by atoms with Crippen LogP contribution < -0.4 is 60.4 Å². The Balaban J connectivity index is 0.000000332. The minimum Gasteiger partial charge on any atom is -0.589 e. The second-order valence-corrected chi connectivity index (χ2v) is 15.9. The maximum absolute atomic E-state index is 12.6. The van der Waals surface area contributed by atoms with Gasteiger partial charge >= 0.3 is 45.6 Å². The third kappa shape index (κ3) is 12.6. The Kier molecular flexibility index (Phi) is 17.6. The molecule has 0 atom stereocenters. The molecule has 0 aliphatic carbocycles. The fourth-order valence-corrected chi connectivity index (χ4v) is 6.89. The number of primary sulfonamides is 1. The van der Waals surface area contributed by atoms with Crippen LogP contribution in [0.2, 0.25) is 0 Å². The second kappa shape index (κ2) is 21.7. The second-order valence-electron chi connectivity index (χ2n) is 12.7. The number of fused-ring (bicyclic) bond motifs is 1. The average Bonchev–Trinajstić information content (AvgIpc) is 3.49. The van der Waals surface area contributed by atoms with Crippen LogP contribution in [0.25, 0.3) is 16.5 Å². The monoisotopic (exact) mass is 964 g/mol. The number of non-ortho nitro benzene ring substituents is 1. The van der Waals surface area contributed by atoms with Crippen molar-refractivity contribution in [3.05, 3.63) is 117 Å². The van der Waals surface area contributed by atoms with Crippen molar-refractivity contribution in [2.45, 2.75) is 30.6 Å². The number of carbonyl (C=O) groups excluding carboxylic acids is 1. The Morgan fingerprint density at radius 1 is 0.859 bits per heavy atom. The Labute approximate surface area is 395 Å². The predicted octanol–water partition coefficient (Wildman–Crippen LogP) is 0.699. The normalized spacial score (nSPS) is 11.7. The molecule has 1 amide bonds. The number of aliphatic hydroxyl groups excluding tert-OH is 1. The van der Waals surface area contributed by atoms with Crippen LogP contribution in [0.5, 0.6) is 17.2 Å². The summed E-state index contributed by atoms with van der Waals surface area (Å²) in [5.74, 6) is -1.29. The van der Waals surface area contributed by atoms with E-state index in [1.807, 2.05) is 4.72 Å². The summed E-state index contributed by atoms with van der Waals surface area (Å²) < 4.78 is 50.8. The molecule has 64 heavy (non-hydrogen) atoms. The molecule has 0 aliphatic heterocycles. The standard InChI is InChI=1S/C21H21N5O6S.C16H14N6O6S.Cr.Na/c1-3-22-21(30)26-33(31,32)14-8-10-17(28)16(11-14)24-25-20-18(29)9-7-13-5-4-6-15(19(13)20)23-12(2)27;1-9-15(19-18-13-8-11(22(25)26)5-6-14(13)23)16(24)21(20-9)10-3-2-4-12(7-10)29(17,27)28;;/h4-11,28-29H,3H2,1-2H3,(H,23,27)(H2,22,26,30);2-8H,1H3,(H4,17,18,19,20,23,24,27,28);;/q;;;+1. The third-order valence-electron chi connectivity index (χ3n) is 8.20. The number of hydrogen-bond donors (Lipinski definition) is 8. The van der Waals surface area contributed by atoms with Crippen LogP contribution in [-0.4, -0.2) is 65.3 Å². The van der Waals surface area contributed by atoms with E-state index >= 15 is 0 Å². The van der Waals surface area contributed by atoms with Crippen LogP contribution >= 0.6 is 0 Å². The molecular weight excluding hydrogens is 930 g/mol. The first kappa shape index (κ1) is 51.9. The van der Waals surface area contributed by atoms with Crippen LogP contribution in [0.4, 0.5) is 34.1 Å². The molecule has 0 unspecified atom stereocenters. The molecule has 0 saturated carbocycles. The number of aromatic hydroxyl groups is 3. The van der Waals surface area contributed by atoms with Crippen molar-refractivity contribution in [2.75, 3.05) is 11.9 Å². The number of benzene rings is 5. The number of rotatable bonds is 11. The number of hydrogen-bond acceptors (Lipinski definition) is 15. The Hall–Kier alpha value is -6.50. The van der Waals surface area contributed by atoms with Gasteiger partial charge in [0.1, 0.15) is 44.9 Å². The van der Waals surface area contributed by atoms with Gasteiger partial charge in [0, 0.05) is 47.5 Å². The molecule has 0 saturated heterocycles. The molecule has 0 aliphatic rings. The van der Waals surface area contributed by atoms with Crippen molar-refractivity contribution in [1.29, 1.82) is 0 Å². The number of nitrogens with zero attached hydrogens (tertiary/aromatic N) is 7. The number of aromatic nitrogens is 2. The minimum absolute atomic E-state index is 0. The van der Waals surface area contributed by atoms with Crippen LogP contribution in [0.15, 0.2) is 126 Å². The van der Waals surface area contributed by atoms with Crippen molar-refractivity contribution < 1.29 is 98.9 Å². The molecule has 6 rings (SSSR count). The van der Waals surface area contributed by atoms with Gasteiger partial charge in [-0.25, -0.2) is 18.5 Å². The zero-order chi connectivity index (χ0) is 45.5. The largest absolute Gasteiger partial charge is 1.00 e. The van der Waals surface area contributed by atoms with Gasteiger partial charge in [-0.1, -0.05) is 31.2 Å². The van der Waals surface area contributed by atoms with E-state index in [4.69, 9.17) is 5.14 Å². The quantitative estimate of drug-likeness (QED) is 0.0222. The molecule has 9 N–H and O–H groups in total. The smallest absolute Gasteiger partial charge is 0.589 e. The molecule has 0 fully saturated rings. The topological polar surface area (TPSA) is 359 Å². The number of nitrogens with two attached hydrogens (primary N) is 1. The first-order valence-corrected chi connectivity index (χ1v) is 20.6. The number of carbonyl (C=O) groups is 1. The fourth-order valence-electron chi connectivity index (χ4n) is 5.38. The van der Waals surface area contributed by atoms with Gasteiger partial charge < -0.3 is 35.5 Å². The van der Waals surface area contributed by atoms with E-state index in [1.54, 1.807) is 31.2 Å². The minimum atomic E-state index is -4.18. The van der Waals surface area contributed by atoms with E-state index < -0.39 is 36.6 Å². The number of nitro benzene ring substituents is 1. The number of phenolic OH excluding ortho intramolecular Hbond substituents is 3. The van der Waals surface area contributed by atoms with E-state index in [1.165, 1.54) is 44.2 Å². The van der Waals surface area contributed by atoms with E-state index in [0.717, 1.165) is 41.1 Å². The number of aryl methyl sites for hydroxylation is 1. The van der Waals surface area contributed by atoms with Crippen molar-refractivity contribution in [3.63, 3.8) is 0 Å². The van der Waals surface area contributed by atoms with Gasteiger partial charge in [-0.3, -0.25) is 19.7 Å². The molecule has 0 spiro atoms. The van der Waals surface area contributed by atoms with Crippen molar-refractivity contribution in [1.82, 2.24) is 14.5 Å². The molecule has 328 valence electrons. The number of anilines is 1. The number of aliphatic hydroxyl groups is 1. The van der Waals surface area contributed by atoms with Gasteiger partial charge in [0.2, 0.25) is 15.9 Å². The molecule has 6 aromatic rings. The molecule has 5 aromatic carbocycles. The molecule has 23 nitrogen and oxygen atoms in total. The summed E-state index contributed by atoms with van der Waals surface area (Å²) in [6, 6.07) is 19.2.